The zero-order chi connectivity index (χ0) is 15.4. The number of ether oxygens (including phenoxy) is 1. The summed E-state index contributed by atoms with van der Waals surface area (Å²) in [6, 6.07) is 5.30. The highest BCUT2D eigenvalue weighted by molar-refractivity contribution is 6.00. The predicted molar refractivity (Wildman–Crippen MR) is 89.0 cm³/mol. The van der Waals surface area contributed by atoms with E-state index in [4.69, 9.17) is 4.74 Å². The van der Waals surface area contributed by atoms with E-state index in [9.17, 15) is 9.18 Å². The number of carbonyl (C=O) groups excluding carboxylic acids is 1. The van der Waals surface area contributed by atoms with Crippen LogP contribution in [0.3, 0.4) is 0 Å². The minimum absolute atomic E-state index is 0. The van der Waals surface area contributed by atoms with Crippen LogP contribution in [-0.4, -0.2) is 42.5 Å². The van der Waals surface area contributed by atoms with Gasteiger partial charge in [-0.3, -0.25) is 9.89 Å². The summed E-state index contributed by atoms with van der Waals surface area (Å²) in [5, 5.41) is 13.9. The maximum absolute atomic E-state index is 12.3. The molecule has 0 bridgehead atoms. The summed E-state index contributed by atoms with van der Waals surface area (Å²) in [5.74, 6) is 0.972. The highest BCUT2D eigenvalue weighted by atomic mass is 35.5. The van der Waals surface area contributed by atoms with Crippen LogP contribution in [0.2, 0.25) is 0 Å². The zero-order valence-electron chi connectivity index (χ0n) is 12.6. The number of alkyl halides is 1. The fourth-order valence-electron chi connectivity index (χ4n) is 2.63. The van der Waals surface area contributed by atoms with Gasteiger partial charge in [0.15, 0.2) is 5.82 Å². The summed E-state index contributed by atoms with van der Waals surface area (Å²) in [4.78, 5) is 12.3. The van der Waals surface area contributed by atoms with Crippen molar-refractivity contribution in [3.63, 3.8) is 0 Å². The number of hydrogen-bond acceptors (Lipinski definition) is 4. The van der Waals surface area contributed by atoms with Crippen molar-refractivity contribution in [2.45, 2.75) is 12.8 Å². The van der Waals surface area contributed by atoms with E-state index in [2.05, 4.69) is 20.8 Å². The van der Waals surface area contributed by atoms with Gasteiger partial charge >= 0.3 is 0 Å². The predicted octanol–water partition coefficient (Wildman–Crippen LogP) is 2.27. The Labute approximate surface area is 139 Å². The molecule has 8 heteroatoms. The van der Waals surface area contributed by atoms with Gasteiger partial charge in [0.05, 0.1) is 11.4 Å². The molecule has 126 valence electrons. The number of rotatable bonds is 5. The molecule has 0 radical (unpaired) electrons. The van der Waals surface area contributed by atoms with E-state index in [-0.39, 0.29) is 30.8 Å². The number of amides is 1. The second kappa shape index (κ2) is 8.12. The van der Waals surface area contributed by atoms with Gasteiger partial charge in [0.25, 0.3) is 0 Å². The highest BCUT2D eigenvalue weighted by Gasteiger charge is 2.22. The zero-order valence-corrected chi connectivity index (χ0v) is 13.4. The third kappa shape index (κ3) is 4.11. The minimum atomic E-state index is -0.540. The van der Waals surface area contributed by atoms with Crippen molar-refractivity contribution in [2.75, 3.05) is 31.7 Å². The molecule has 0 aliphatic carbocycles. The number of benzene rings is 1. The van der Waals surface area contributed by atoms with E-state index < -0.39 is 6.67 Å². The Morgan fingerprint density at radius 2 is 2.35 bits per heavy atom. The van der Waals surface area contributed by atoms with Gasteiger partial charge in [-0.15, -0.1) is 12.4 Å². The third-order valence-electron chi connectivity index (χ3n) is 3.79. The summed E-state index contributed by atoms with van der Waals surface area (Å²) in [7, 11) is 0. The van der Waals surface area contributed by atoms with E-state index in [1.807, 2.05) is 0 Å². The molecule has 1 aromatic carbocycles. The van der Waals surface area contributed by atoms with Gasteiger partial charge in [-0.05, 0) is 37.6 Å². The fraction of sp³-hybridized carbons (Fsp3) is 0.467. The second-order valence-corrected chi connectivity index (χ2v) is 5.35. The van der Waals surface area contributed by atoms with Gasteiger partial charge in [0, 0.05) is 11.9 Å². The van der Waals surface area contributed by atoms with Crippen LogP contribution >= 0.6 is 12.4 Å². The lowest BCUT2D eigenvalue weighted by Gasteiger charge is -2.21. The molecule has 1 aliphatic rings. The van der Waals surface area contributed by atoms with Gasteiger partial charge in [-0.25, -0.2) is 4.39 Å². The summed E-state index contributed by atoms with van der Waals surface area (Å²) in [6.45, 7) is 1.13. The first kappa shape index (κ1) is 17.5. The molecule has 1 fully saturated rings. The lowest BCUT2D eigenvalue weighted by Crippen LogP contribution is -2.37. The molecule has 0 saturated carbocycles. The number of aromatic nitrogens is 2. The normalized spacial score (nSPS) is 17.5. The molecular weight excluding hydrogens is 323 g/mol. The van der Waals surface area contributed by atoms with Crippen molar-refractivity contribution < 1.29 is 13.9 Å². The molecule has 2 aromatic rings. The average molecular weight is 343 g/mol. The molecule has 6 nitrogen and oxygen atoms in total. The minimum Gasteiger partial charge on any atom is -0.491 e. The Bertz CT molecular complexity index is 658. The first-order chi connectivity index (χ1) is 10.8. The second-order valence-electron chi connectivity index (χ2n) is 5.35. The molecule has 0 spiro atoms. The van der Waals surface area contributed by atoms with Gasteiger partial charge in [0.1, 0.15) is 19.0 Å². The number of halogens is 2. The summed E-state index contributed by atoms with van der Waals surface area (Å²) in [6.07, 6.45) is 1.88. The first-order valence-corrected chi connectivity index (χ1v) is 7.46. The van der Waals surface area contributed by atoms with Crippen molar-refractivity contribution in [3.05, 3.63) is 18.2 Å². The van der Waals surface area contributed by atoms with Crippen molar-refractivity contribution in [3.8, 4) is 5.75 Å². The molecule has 1 saturated heterocycles. The van der Waals surface area contributed by atoms with Crippen LogP contribution in [-0.2, 0) is 4.79 Å². The molecule has 3 rings (SSSR count). The van der Waals surface area contributed by atoms with Crippen LogP contribution in [0.5, 0.6) is 5.75 Å². The number of hydrogen-bond donors (Lipinski definition) is 3. The molecule has 1 aromatic heterocycles. The van der Waals surface area contributed by atoms with Gasteiger partial charge in [-0.2, -0.15) is 5.10 Å². The number of piperidine rings is 1. The molecule has 1 amide bonds. The third-order valence-corrected chi connectivity index (χ3v) is 3.79. The molecule has 3 N–H and O–H groups in total. The first-order valence-electron chi connectivity index (χ1n) is 7.46. The van der Waals surface area contributed by atoms with Crippen LogP contribution in [0.1, 0.15) is 12.8 Å². The Morgan fingerprint density at radius 1 is 1.48 bits per heavy atom. The van der Waals surface area contributed by atoms with Gasteiger partial charge < -0.3 is 15.4 Å². The van der Waals surface area contributed by atoms with E-state index in [0.717, 1.165) is 30.3 Å². The quantitative estimate of drug-likeness (QED) is 0.779. The van der Waals surface area contributed by atoms with Crippen LogP contribution in [0.4, 0.5) is 10.2 Å². The summed E-state index contributed by atoms with van der Waals surface area (Å²) >= 11 is 0. The van der Waals surface area contributed by atoms with Crippen LogP contribution in [0.25, 0.3) is 10.9 Å². The molecular formula is C15H20ClFN4O2. The maximum Gasteiger partial charge on any atom is 0.229 e. The monoisotopic (exact) mass is 342 g/mol. The van der Waals surface area contributed by atoms with Crippen LogP contribution in [0.15, 0.2) is 18.2 Å². The topological polar surface area (TPSA) is 79.0 Å². The van der Waals surface area contributed by atoms with Crippen molar-refractivity contribution in [2.24, 2.45) is 5.92 Å². The number of fused-ring (bicyclic) bond motifs is 1. The number of nitrogens with zero attached hydrogens (tertiary/aromatic N) is 1. The fourth-order valence-corrected chi connectivity index (χ4v) is 2.63. The van der Waals surface area contributed by atoms with Crippen molar-refractivity contribution in [1.82, 2.24) is 15.5 Å². The lowest BCUT2D eigenvalue weighted by atomic mass is 9.99. The number of aromatic amines is 1. The number of nitrogens with one attached hydrogen (secondary N) is 3. The summed E-state index contributed by atoms with van der Waals surface area (Å²) < 4.78 is 17.5. The van der Waals surface area contributed by atoms with Crippen molar-refractivity contribution >= 4 is 35.0 Å². The van der Waals surface area contributed by atoms with Crippen molar-refractivity contribution in [1.29, 1.82) is 0 Å². The SMILES string of the molecule is Cl.O=C(Nc1n[nH]c2ccc(OCCF)cc12)[C@@H]1CCCNC1. The van der Waals surface area contributed by atoms with E-state index in [1.165, 1.54) is 0 Å². The van der Waals surface area contributed by atoms with E-state index in [0.29, 0.717) is 18.1 Å². The smallest absolute Gasteiger partial charge is 0.229 e. The maximum atomic E-state index is 12.3. The number of H-pyrrole nitrogens is 1. The highest BCUT2D eigenvalue weighted by Crippen LogP contribution is 2.26. The number of carbonyl (C=O) groups is 1. The molecule has 23 heavy (non-hydrogen) atoms. The van der Waals surface area contributed by atoms with Gasteiger partial charge in [-0.1, -0.05) is 0 Å². The van der Waals surface area contributed by atoms with E-state index >= 15 is 0 Å². The largest absolute Gasteiger partial charge is 0.491 e. The van der Waals surface area contributed by atoms with E-state index in [1.54, 1.807) is 18.2 Å². The molecule has 1 aliphatic heterocycles. The van der Waals surface area contributed by atoms with Gasteiger partial charge in [0.2, 0.25) is 5.91 Å². The average Bonchev–Trinajstić information content (AvgIpc) is 2.96. The number of anilines is 1. The van der Waals surface area contributed by atoms with Crippen LogP contribution in [0, 0.1) is 5.92 Å². The Morgan fingerprint density at radius 3 is 3.09 bits per heavy atom. The lowest BCUT2D eigenvalue weighted by molar-refractivity contribution is -0.120. The summed E-state index contributed by atoms with van der Waals surface area (Å²) in [5.41, 5.74) is 0.796. The Balaban J connectivity index is 0.00000192. The Kier molecular flexibility index (Phi) is 6.18. The Hall–Kier alpha value is -1.86. The molecule has 2 heterocycles. The standard InChI is InChI=1S/C15H19FN4O2.ClH/c16-5-7-22-11-3-4-13-12(8-11)14(20-19-13)18-15(21)10-2-1-6-17-9-10;/h3-4,8,10,17H,1-2,5-7,9H2,(H2,18,19,20,21);1H/t10-;/m1./s1. The van der Waals surface area contributed by atoms with Crippen LogP contribution < -0.4 is 15.4 Å². The molecule has 1 atom stereocenters. The molecule has 0 unspecified atom stereocenters.